The Morgan fingerprint density at radius 3 is 2.86 bits per heavy atom. The molecule has 0 aliphatic carbocycles. The molecule has 1 N–H and O–H groups in total. The van der Waals surface area contributed by atoms with Crippen LogP contribution in [0.4, 0.5) is 0 Å². The molecule has 0 radical (unpaired) electrons. The first-order chi connectivity index (χ1) is 6.74. The second-order valence-electron chi connectivity index (χ2n) is 2.78. The van der Waals surface area contributed by atoms with Crippen LogP contribution >= 0.6 is 15.9 Å². The molecule has 0 fully saturated rings. The molecule has 0 saturated heterocycles. The molecular formula is C10H12BrNO2. The molecule has 0 unspecified atom stereocenters. The van der Waals surface area contributed by atoms with E-state index in [1.165, 1.54) is 0 Å². The standard InChI is InChI=1S/C10H12BrNO2/c1-12-6-10(13)14-7-8-4-2-3-5-9(8)11/h2-5,12H,6-7H2,1H3. The summed E-state index contributed by atoms with van der Waals surface area (Å²) in [5.74, 6) is -0.247. The summed E-state index contributed by atoms with van der Waals surface area (Å²) in [4.78, 5) is 11.0. The minimum absolute atomic E-state index is 0.241. The molecule has 0 aliphatic rings. The molecule has 3 nitrogen and oxygen atoms in total. The van der Waals surface area contributed by atoms with Crippen molar-refractivity contribution in [1.29, 1.82) is 0 Å². The second-order valence-corrected chi connectivity index (χ2v) is 3.64. The molecule has 1 aromatic rings. The fourth-order valence-electron chi connectivity index (χ4n) is 0.969. The molecular weight excluding hydrogens is 246 g/mol. The Hall–Kier alpha value is -0.870. The molecule has 0 aromatic heterocycles. The Labute approximate surface area is 91.6 Å². The Morgan fingerprint density at radius 1 is 1.50 bits per heavy atom. The minimum atomic E-state index is -0.247. The van der Waals surface area contributed by atoms with E-state index in [0.717, 1.165) is 10.0 Å². The highest BCUT2D eigenvalue weighted by Gasteiger charge is 2.03. The Balaban J connectivity index is 2.46. The lowest BCUT2D eigenvalue weighted by molar-refractivity contribution is -0.143. The second kappa shape index (κ2) is 5.78. The van der Waals surface area contributed by atoms with Crippen molar-refractivity contribution in [3.8, 4) is 0 Å². The van der Waals surface area contributed by atoms with Crippen molar-refractivity contribution in [1.82, 2.24) is 5.32 Å². The van der Waals surface area contributed by atoms with E-state index in [1.54, 1.807) is 7.05 Å². The molecule has 0 saturated carbocycles. The zero-order chi connectivity index (χ0) is 10.4. The highest BCUT2D eigenvalue weighted by Crippen LogP contribution is 2.16. The predicted octanol–water partition coefficient (Wildman–Crippen LogP) is 1.71. The third-order valence-electron chi connectivity index (χ3n) is 1.67. The van der Waals surface area contributed by atoms with Crippen molar-refractivity contribution in [2.24, 2.45) is 0 Å². The summed E-state index contributed by atoms with van der Waals surface area (Å²) in [6.07, 6.45) is 0. The molecule has 0 atom stereocenters. The number of likely N-dealkylation sites (N-methyl/N-ethyl adjacent to an activating group) is 1. The zero-order valence-corrected chi connectivity index (χ0v) is 9.50. The van der Waals surface area contributed by atoms with Crippen LogP contribution in [0.5, 0.6) is 0 Å². The maximum Gasteiger partial charge on any atom is 0.320 e. The van der Waals surface area contributed by atoms with Gasteiger partial charge in [-0.25, -0.2) is 0 Å². The normalized spacial score (nSPS) is 9.86. The molecule has 4 heteroatoms. The van der Waals surface area contributed by atoms with Crippen molar-refractivity contribution < 1.29 is 9.53 Å². The molecule has 1 aromatic carbocycles. The summed E-state index contributed by atoms with van der Waals surface area (Å²) < 4.78 is 5.97. The summed E-state index contributed by atoms with van der Waals surface area (Å²) in [6, 6.07) is 7.66. The van der Waals surface area contributed by atoms with E-state index in [0.29, 0.717) is 6.61 Å². The largest absolute Gasteiger partial charge is 0.460 e. The lowest BCUT2D eigenvalue weighted by Gasteiger charge is -2.05. The van der Waals surface area contributed by atoms with Crippen molar-refractivity contribution in [2.45, 2.75) is 6.61 Å². The fraction of sp³-hybridized carbons (Fsp3) is 0.300. The number of nitrogens with one attached hydrogen (secondary N) is 1. The average molecular weight is 258 g/mol. The van der Waals surface area contributed by atoms with E-state index in [-0.39, 0.29) is 12.5 Å². The van der Waals surface area contributed by atoms with Crippen LogP contribution in [0.3, 0.4) is 0 Å². The quantitative estimate of drug-likeness (QED) is 0.835. The zero-order valence-electron chi connectivity index (χ0n) is 7.92. The Bertz CT molecular complexity index is 315. The summed E-state index contributed by atoms with van der Waals surface area (Å²) in [6.45, 7) is 0.548. The smallest absolute Gasteiger partial charge is 0.320 e. The van der Waals surface area contributed by atoms with Gasteiger partial charge in [0.25, 0.3) is 0 Å². The molecule has 0 heterocycles. The lowest BCUT2D eigenvalue weighted by Crippen LogP contribution is -2.20. The van der Waals surface area contributed by atoms with Crippen LogP contribution in [0.15, 0.2) is 28.7 Å². The van der Waals surface area contributed by atoms with Gasteiger partial charge in [-0.1, -0.05) is 34.1 Å². The van der Waals surface area contributed by atoms with Crippen molar-refractivity contribution in [3.63, 3.8) is 0 Å². The van der Waals surface area contributed by atoms with Crippen molar-refractivity contribution >= 4 is 21.9 Å². The summed E-state index contributed by atoms with van der Waals surface area (Å²) in [7, 11) is 1.71. The van der Waals surface area contributed by atoms with Crippen molar-refractivity contribution in [2.75, 3.05) is 13.6 Å². The van der Waals surface area contributed by atoms with Crippen LogP contribution in [0, 0.1) is 0 Å². The first-order valence-corrected chi connectivity index (χ1v) is 5.07. The van der Waals surface area contributed by atoms with Gasteiger partial charge < -0.3 is 10.1 Å². The lowest BCUT2D eigenvalue weighted by atomic mass is 10.2. The first-order valence-electron chi connectivity index (χ1n) is 4.27. The summed E-state index contributed by atoms with van der Waals surface area (Å²) in [5, 5.41) is 2.73. The maximum atomic E-state index is 11.0. The molecule has 0 bridgehead atoms. The summed E-state index contributed by atoms with van der Waals surface area (Å²) in [5.41, 5.74) is 0.969. The fourth-order valence-corrected chi connectivity index (χ4v) is 1.37. The van der Waals surface area contributed by atoms with E-state index in [2.05, 4.69) is 21.2 Å². The number of esters is 1. The molecule has 0 spiro atoms. The number of hydrogen-bond acceptors (Lipinski definition) is 3. The SMILES string of the molecule is CNCC(=O)OCc1ccccc1Br. The number of benzene rings is 1. The number of hydrogen-bond donors (Lipinski definition) is 1. The van der Waals surface area contributed by atoms with Crippen LogP contribution in [-0.4, -0.2) is 19.6 Å². The van der Waals surface area contributed by atoms with E-state index >= 15 is 0 Å². The van der Waals surface area contributed by atoms with Gasteiger partial charge in [-0.2, -0.15) is 0 Å². The van der Waals surface area contributed by atoms with E-state index in [4.69, 9.17) is 4.74 Å². The number of ether oxygens (including phenoxy) is 1. The van der Waals surface area contributed by atoms with Crippen LogP contribution in [0.1, 0.15) is 5.56 Å². The van der Waals surface area contributed by atoms with Gasteiger partial charge in [0.1, 0.15) is 6.61 Å². The van der Waals surface area contributed by atoms with Crippen LogP contribution in [-0.2, 0) is 16.1 Å². The van der Waals surface area contributed by atoms with Gasteiger partial charge >= 0.3 is 5.97 Å². The van der Waals surface area contributed by atoms with Gasteiger partial charge in [-0.05, 0) is 13.1 Å². The number of carbonyl (C=O) groups is 1. The molecule has 0 amide bonds. The topological polar surface area (TPSA) is 38.3 Å². The predicted molar refractivity (Wildman–Crippen MR) is 57.9 cm³/mol. The van der Waals surface area contributed by atoms with Crippen molar-refractivity contribution in [3.05, 3.63) is 34.3 Å². The van der Waals surface area contributed by atoms with Gasteiger partial charge in [-0.3, -0.25) is 4.79 Å². The molecule has 1 rings (SSSR count). The Morgan fingerprint density at radius 2 is 2.21 bits per heavy atom. The van der Waals surface area contributed by atoms with Crippen LogP contribution in [0.2, 0.25) is 0 Å². The Kier molecular flexibility index (Phi) is 4.62. The number of halogens is 1. The minimum Gasteiger partial charge on any atom is -0.460 e. The highest BCUT2D eigenvalue weighted by molar-refractivity contribution is 9.10. The third kappa shape index (κ3) is 3.47. The maximum absolute atomic E-state index is 11.0. The van der Waals surface area contributed by atoms with Crippen LogP contribution in [0.25, 0.3) is 0 Å². The number of carbonyl (C=O) groups excluding carboxylic acids is 1. The molecule has 76 valence electrons. The molecule has 0 aliphatic heterocycles. The molecule has 14 heavy (non-hydrogen) atoms. The first kappa shape index (κ1) is 11.2. The van der Waals surface area contributed by atoms with Gasteiger partial charge in [0.2, 0.25) is 0 Å². The monoisotopic (exact) mass is 257 g/mol. The average Bonchev–Trinajstić information content (AvgIpc) is 2.17. The summed E-state index contributed by atoms with van der Waals surface area (Å²) >= 11 is 3.38. The van der Waals surface area contributed by atoms with Gasteiger partial charge in [0.05, 0.1) is 6.54 Å². The van der Waals surface area contributed by atoms with E-state index < -0.39 is 0 Å². The van der Waals surface area contributed by atoms with Crippen LogP contribution < -0.4 is 5.32 Å². The third-order valence-corrected chi connectivity index (χ3v) is 2.44. The number of rotatable bonds is 4. The van der Waals surface area contributed by atoms with E-state index in [1.807, 2.05) is 24.3 Å². The van der Waals surface area contributed by atoms with Gasteiger partial charge in [-0.15, -0.1) is 0 Å². The van der Waals surface area contributed by atoms with Gasteiger partial charge in [0, 0.05) is 10.0 Å². The van der Waals surface area contributed by atoms with E-state index in [9.17, 15) is 4.79 Å². The highest BCUT2D eigenvalue weighted by atomic mass is 79.9. The van der Waals surface area contributed by atoms with Gasteiger partial charge in [0.15, 0.2) is 0 Å².